The largest absolute Gasteiger partial charge is 0.310 e. The van der Waals surface area contributed by atoms with Crippen molar-refractivity contribution in [2.45, 2.75) is 6.92 Å². The number of aryl methyl sites for hydroxylation is 1. The molecular weight excluding hydrogens is 635 g/mol. The highest BCUT2D eigenvalue weighted by Gasteiger charge is 2.18. The molecule has 0 bridgehead atoms. The van der Waals surface area contributed by atoms with Gasteiger partial charge in [0.25, 0.3) is 0 Å². The van der Waals surface area contributed by atoms with E-state index in [1.54, 1.807) is 0 Å². The molecule has 51 heavy (non-hydrogen) atoms. The normalized spacial score (nSPS) is 11.2. The number of para-hydroxylation sites is 1. The molecule has 0 atom stereocenters. The average molecular weight is 670 g/mol. The third-order valence-electron chi connectivity index (χ3n) is 9.79. The second kappa shape index (κ2) is 13.2. The van der Waals surface area contributed by atoms with Crippen LogP contribution in [0.2, 0.25) is 0 Å². The third kappa shape index (κ3) is 5.90. The SMILES string of the molecule is Cc1cccccc2ccc(N(c3ccc(-c4ccc5ccc6c7ccccc7ccc6c5c4)cc3)c3ccccc3-c3ccccc3)cc2s1. The fourth-order valence-corrected chi connectivity index (χ4v) is 8.20. The van der Waals surface area contributed by atoms with Crippen LogP contribution in [0.3, 0.4) is 0 Å². The van der Waals surface area contributed by atoms with Gasteiger partial charge < -0.3 is 4.90 Å². The first-order valence-corrected chi connectivity index (χ1v) is 18.2. The Balaban J connectivity index is 1.19. The van der Waals surface area contributed by atoms with E-state index in [2.05, 4.69) is 206 Å². The van der Waals surface area contributed by atoms with Crippen molar-refractivity contribution in [1.29, 1.82) is 0 Å². The Hall–Kier alpha value is -6.22. The van der Waals surface area contributed by atoms with Crippen LogP contribution in [0.25, 0.3) is 64.7 Å². The second-order valence-corrected chi connectivity index (χ2v) is 14.3. The molecule has 242 valence electrons. The molecular formula is C49H35NS. The number of hydrogen-bond acceptors (Lipinski definition) is 2. The number of fused-ring (bicyclic) bond motifs is 6. The Labute approximate surface area is 302 Å². The molecule has 0 unspecified atom stereocenters. The molecule has 8 aromatic carbocycles. The average Bonchev–Trinajstić information content (AvgIpc) is 3.28. The molecule has 0 amide bonds. The van der Waals surface area contributed by atoms with Crippen molar-refractivity contribution in [3.05, 3.63) is 199 Å². The third-order valence-corrected chi connectivity index (χ3v) is 10.8. The molecule has 0 fully saturated rings. The van der Waals surface area contributed by atoms with Crippen molar-refractivity contribution in [3.63, 3.8) is 0 Å². The van der Waals surface area contributed by atoms with Crippen LogP contribution in [-0.2, 0) is 0 Å². The van der Waals surface area contributed by atoms with E-state index in [1.807, 2.05) is 11.3 Å². The summed E-state index contributed by atoms with van der Waals surface area (Å²) in [4.78, 5) is 3.66. The first-order valence-electron chi connectivity index (χ1n) is 17.4. The van der Waals surface area contributed by atoms with Gasteiger partial charge in [0.2, 0.25) is 0 Å². The minimum atomic E-state index is 1.11. The number of rotatable bonds is 5. The first kappa shape index (κ1) is 30.8. The standard InChI is InChI=1S/C49H35NS/c1-34-12-4-2-7-16-39-24-29-42(33-49(39)51-34)50(48-19-11-10-18-44(48)36-13-5-3-6-14-36)41-27-22-35(23-28-41)40-21-20-38-26-30-45-43-17-9-8-15-37(43)25-31-46(45)47(38)32-40/h2-33H,1H3. The van der Waals surface area contributed by atoms with Gasteiger partial charge in [-0.25, -0.2) is 0 Å². The molecule has 0 saturated carbocycles. The quantitative estimate of drug-likeness (QED) is 0.165. The highest BCUT2D eigenvalue weighted by Crippen LogP contribution is 2.42. The maximum atomic E-state index is 2.40. The van der Waals surface area contributed by atoms with Crippen LogP contribution in [0.1, 0.15) is 4.88 Å². The van der Waals surface area contributed by atoms with Crippen molar-refractivity contribution >= 4 is 70.8 Å². The summed E-state index contributed by atoms with van der Waals surface area (Å²) in [6.45, 7) is 2.18. The molecule has 0 spiro atoms. The fourth-order valence-electron chi connectivity index (χ4n) is 7.27. The van der Waals surface area contributed by atoms with Gasteiger partial charge in [-0.1, -0.05) is 152 Å². The lowest BCUT2D eigenvalue weighted by Crippen LogP contribution is -2.11. The topological polar surface area (TPSA) is 3.24 Å². The Morgan fingerprint density at radius 3 is 1.80 bits per heavy atom. The van der Waals surface area contributed by atoms with Gasteiger partial charge >= 0.3 is 0 Å². The van der Waals surface area contributed by atoms with Gasteiger partial charge in [0, 0.05) is 26.5 Å². The van der Waals surface area contributed by atoms with E-state index in [9.17, 15) is 0 Å². The van der Waals surface area contributed by atoms with E-state index < -0.39 is 0 Å². The van der Waals surface area contributed by atoms with Gasteiger partial charge in [-0.15, -0.1) is 11.3 Å². The predicted molar refractivity (Wildman–Crippen MR) is 222 cm³/mol. The maximum Gasteiger partial charge on any atom is 0.0540 e. The molecule has 0 aliphatic rings. The van der Waals surface area contributed by atoms with Crippen molar-refractivity contribution < 1.29 is 0 Å². The number of nitrogens with zero attached hydrogens (tertiary/aromatic N) is 1. The molecule has 9 aromatic rings. The summed E-state index contributed by atoms with van der Waals surface area (Å²) in [7, 11) is 0. The lowest BCUT2D eigenvalue weighted by Gasteiger charge is -2.28. The molecule has 1 aromatic heterocycles. The Morgan fingerprint density at radius 2 is 0.961 bits per heavy atom. The van der Waals surface area contributed by atoms with Gasteiger partial charge in [0.05, 0.1) is 5.69 Å². The van der Waals surface area contributed by atoms with Crippen LogP contribution in [0.4, 0.5) is 17.1 Å². The molecule has 0 radical (unpaired) electrons. The summed E-state index contributed by atoms with van der Waals surface area (Å²) in [5.74, 6) is 0. The Morgan fingerprint density at radius 1 is 0.373 bits per heavy atom. The molecule has 0 aliphatic heterocycles. The second-order valence-electron chi connectivity index (χ2n) is 13.0. The summed E-state index contributed by atoms with van der Waals surface area (Å²) in [5, 5.41) is 8.90. The van der Waals surface area contributed by atoms with Gasteiger partial charge in [0.1, 0.15) is 0 Å². The predicted octanol–water partition coefficient (Wildman–Crippen LogP) is 14.6. The van der Waals surface area contributed by atoms with Gasteiger partial charge in [-0.3, -0.25) is 0 Å². The zero-order chi connectivity index (χ0) is 34.1. The lowest BCUT2D eigenvalue weighted by molar-refractivity contribution is 1.29. The van der Waals surface area contributed by atoms with Crippen molar-refractivity contribution in [2.75, 3.05) is 4.90 Å². The molecule has 0 aliphatic carbocycles. The van der Waals surface area contributed by atoms with E-state index in [1.165, 1.54) is 69.5 Å². The van der Waals surface area contributed by atoms with Crippen LogP contribution in [0.15, 0.2) is 194 Å². The smallest absolute Gasteiger partial charge is 0.0540 e. The summed E-state index contributed by atoms with van der Waals surface area (Å²) in [5.41, 5.74) is 8.15. The van der Waals surface area contributed by atoms with Crippen LogP contribution in [0.5, 0.6) is 0 Å². The first-order chi connectivity index (χ1) is 25.2. The molecule has 2 heteroatoms. The number of hydrogen-bond donors (Lipinski definition) is 0. The van der Waals surface area contributed by atoms with E-state index in [-0.39, 0.29) is 0 Å². The van der Waals surface area contributed by atoms with Crippen molar-refractivity contribution in [1.82, 2.24) is 0 Å². The summed E-state index contributed by atoms with van der Waals surface area (Å²) >= 11 is 1.82. The van der Waals surface area contributed by atoms with Crippen molar-refractivity contribution in [3.8, 4) is 22.3 Å². The van der Waals surface area contributed by atoms with Crippen LogP contribution >= 0.6 is 11.3 Å². The molecule has 1 nitrogen and oxygen atoms in total. The van der Waals surface area contributed by atoms with E-state index in [4.69, 9.17) is 0 Å². The van der Waals surface area contributed by atoms with Gasteiger partial charge in [-0.05, 0) is 104 Å². The summed E-state index contributed by atoms with van der Waals surface area (Å²) < 4.78 is 1.23. The highest BCUT2D eigenvalue weighted by molar-refractivity contribution is 7.18. The summed E-state index contributed by atoms with van der Waals surface area (Å²) in [6.07, 6.45) is 0. The minimum absolute atomic E-state index is 1.11. The number of benzene rings is 8. The van der Waals surface area contributed by atoms with Gasteiger partial charge in [-0.2, -0.15) is 0 Å². The Kier molecular flexibility index (Phi) is 8.00. The molecule has 1 heterocycles. The van der Waals surface area contributed by atoms with E-state index in [0.29, 0.717) is 0 Å². The summed E-state index contributed by atoms with van der Waals surface area (Å²) in [6, 6.07) is 70.6. The van der Waals surface area contributed by atoms with E-state index >= 15 is 0 Å². The molecule has 0 saturated heterocycles. The zero-order valence-corrected chi connectivity index (χ0v) is 29.1. The van der Waals surface area contributed by atoms with E-state index in [0.717, 1.165) is 17.1 Å². The van der Waals surface area contributed by atoms with Gasteiger partial charge in [0.15, 0.2) is 0 Å². The molecule has 9 rings (SSSR count). The lowest BCUT2D eigenvalue weighted by atomic mass is 9.94. The van der Waals surface area contributed by atoms with Crippen LogP contribution in [0, 0.1) is 6.92 Å². The zero-order valence-electron chi connectivity index (χ0n) is 28.3. The Bertz CT molecular complexity index is 2760. The van der Waals surface area contributed by atoms with Crippen LogP contribution < -0.4 is 4.90 Å². The fraction of sp³-hybridized carbons (Fsp3) is 0.0204. The monoisotopic (exact) mass is 669 g/mol. The minimum Gasteiger partial charge on any atom is -0.310 e. The maximum absolute atomic E-state index is 2.40. The highest BCUT2D eigenvalue weighted by atomic mass is 32.1. The van der Waals surface area contributed by atoms with Crippen LogP contribution in [-0.4, -0.2) is 0 Å². The number of anilines is 3. The van der Waals surface area contributed by atoms with Crippen molar-refractivity contribution in [2.24, 2.45) is 0 Å². The molecule has 0 N–H and O–H groups in total.